The van der Waals surface area contributed by atoms with Crippen molar-refractivity contribution in [2.45, 2.75) is 19.4 Å². The van der Waals surface area contributed by atoms with E-state index in [1.165, 1.54) is 19.1 Å². The Bertz CT molecular complexity index is 1050. The molecule has 1 aliphatic heterocycles. The van der Waals surface area contributed by atoms with E-state index >= 15 is 0 Å². The molecular formula is C25H29NO7. The topological polar surface area (TPSA) is 94.5 Å². The Morgan fingerprint density at radius 2 is 1.82 bits per heavy atom. The van der Waals surface area contributed by atoms with Crippen LogP contribution >= 0.6 is 0 Å². The second-order valence-corrected chi connectivity index (χ2v) is 7.41. The molecule has 2 aromatic rings. The maximum absolute atomic E-state index is 13.1. The molecule has 1 saturated heterocycles. The summed E-state index contributed by atoms with van der Waals surface area (Å²) in [5, 5.41) is 11.2. The SMILES string of the molecule is CCOc1ccc(C2/C(=C(\O)c3cccc(OC)c3)C(=O)C(=O)N2CCCOC)cc1OC. The molecule has 0 saturated carbocycles. The fourth-order valence-electron chi connectivity index (χ4n) is 3.89. The van der Waals surface area contributed by atoms with Crippen molar-refractivity contribution in [2.75, 3.05) is 41.1 Å². The van der Waals surface area contributed by atoms with Crippen LogP contribution in [0.4, 0.5) is 0 Å². The van der Waals surface area contributed by atoms with E-state index in [2.05, 4.69) is 0 Å². The van der Waals surface area contributed by atoms with Gasteiger partial charge in [-0.15, -0.1) is 0 Å². The predicted octanol–water partition coefficient (Wildman–Crippen LogP) is 3.56. The monoisotopic (exact) mass is 455 g/mol. The van der Waals surface area contributed by atoms with Gasteiger partial charge in [-0.1, -0.05) is 18.2 Å². The van der Waals surface area contributed by atoms with E-state index in [-0.39, 0.29) is 17.9 Å². The van der Waals surface area contributed by atoms with E-state index in [1.54, 1.807) is 49.6 Å². The summed E-state index contributed by atoms with van der Waals surface area (Å²) in [4.78, 5) is 27.5. The van der Waals surface area contributed by atoms with Crippen LogP contribution in [0.5, 0.6) is 17.2 Å². The average Bonchev–Trinajstić information content (AvgIpc) is 3.09. The van der Waals surface area contributed by atoms with Crippen LogP contribution in [0.3, 0.4) is 0 Å². The van der Waals surface area contributed by atoms with E-state index in [0.29, 0.717) is 48.0 Å². The molecule has 1 atom stereocenters. The zero-order valence-corrected chi connectivity index (χ0v) is 19.3. The summed E-state index contributed by atoms with van der Waals surface area (Å²) in [5.74, 6) is -0.142. The number of rotatable bonds is 10. The van der Waals surface area contributed by atoms with Crippen LogP contribution in [-0.2, 0) is 14.3 Å². The van der Waals surface area contributed by atoms with Crippen LogP contribution in [0.2, 0.25) is 0 Å². The lowest BCUT2D eigenvalue weighted by atomic mass is 9.95. The lowest BCUT2D eigenvalue weighted by Gasteiger charge is -2.26. The number of hydrogen-bond acceptors (Lipinski definition) is 7. The molecule has 1 aliphatic rings. The molecule has 2 aromatic carbocycles. The Hall–Kier alpha value is -3.52. The highest BCUT2D eigenvalue weighted by Gasteiger charge is 2.46. The Labute approximate surface area is 193 Å². The third-order valence-corrected chi connectivity index (χ3v) is 5.43. The molecule has 0 aliphatic carbocycles. The normalized spacial score (nSPS) is 17.3. The Balaban J connectivity index is 2.16. The summed E-state index contributed by atoms with van der Waals surface area (Å²) < 4.78 is 21.4. The largest absolute Gasteiger partial charge is 0.507 e. The van der Waals surface area contributed by atoms with Gasteiger partial charge in [0.2, 0.25) is 0 Å². The number of Topliss-reactive ketones (excluding diaryl/α,β-unsaturated/α-hetero) is 1. The van der Waals surface area contributed by atoms with E-state index in [4.69, 9.17) is 18.9 Å². The number of nitrogens with zero attached hydrogens (tertiary/aromatic N) is 1. The minimum absolute atomic E-state index is 0.0110. The summed E-state index contributed by atoms with van der Waals surface area (Å²) >= 11 is 0. The summed E-state index contributed by atoms with van der Waals surface area (Å²) in [6, 6.07) is 11.1. The van der Waals surface area contributed by atoms with Gasteiger partial charge in [0.05, 0.1) is 32.4 Å². The lowest BCUT2D eigenvalue weighted by molar-refractivity contribution is -0.140. The zero-order valence-electron chi connectivity index (χ0n) is 19.3. The van der Waals surface area contributed by atoms with Gasteiger partial charge in [-0.25, -0.2) is 0 Å². The predicted molar refractivity (Wildman–Crippen MR) is 123 cm³/mol. The number of carbonyl (C=O) groups is 2. The summed E-state index contributed by atoms with van der Waals surface area (Å²) in [6.07, 6.45) is 0.535. The number of methoxy groups -OCH3 is 3. The first-order valence-electron chi connectivity index (χ1n) is 10.7. The highest BCUT2D eigenvalue weighted by Crippen LogP contribution is 2.42. The number of likely N-dealkylation sites (tertiary alicyclic amines) is 1. The minimum atomic E-state index is -0.794. The third-order valence-electron chi connectivity index (χ3n) is 5.43. The van der Waals surface area contributed by atoms with Crippen LogP contribution < -0.4 is 14.2 Å². The van der Waals surface area contributed by atoms with E-state index in [1.807, 2.05) is 6.92 Å². The summed E-state index contributed by atoms with van der Waals surface area (Å²) in [5.41, 5.74) is 1.01. The van der Waals surface area contributed by atoms with Crippen LogP contribution in [0.25, 0.3) is 5.76 Å². The van der Waals surface area contributed by atoms with Crippen molar-refractivity contribution in [2.24, 2.45) is 0 Å². The lowest BCUT2D eigenvalue weighted by Crippen LogP contribution is -2.31. The first kappa shape index (κ1) is 24.1. The van der Waals surface area contributed by atoms with E-state index in [9.17, 15) is 14.7 Å². The van der Waals surface area contributed by atoms with Gasteiger partial charge in [0, 0.05) is 25.8 Å². The van der Waals surface area contributed by atoms with Crippen molar-refractivity contribution in [1.82, 2.24) is 4.90 Å². The second kappa shape index (κ2) is 10.9. The molecule has 176 valence electrons. The van der Waals surface area contributed by atoms with E-state index < -0.39 is 17.7 Å². The fourth-order valence-corrected chi connectivity index (χ4v) is 3.89. The van der Waals surface area contributed by atoms with Crippen molar-refractivity contribution in [3.05, 3.63) is 59.2 Å². The first-order chi connectivity index (χ1) is 16.0. The molecule has 1 unspecified atom stereocenters. The van der Waals surface area contributed by atoms with Crippen molar-refractivity contribution in [3.8, 4) is 17.2 Å². The summed E-state index contributed by atoms with van der Waals surface area (Å²) in [7, 11) is 4.61. The molecule has 0 radical (unpaired) electrons. The molecule has 1 fully saturated rings. The van der Waals surface area contributed by atoms with Gasteiger partial charge in [-0.2, -0.15) is 0 Å². The summed E-state index contributed by atoms with van der Waals surface area (Å²) in [6.45, 7) is 3.04. The third kappa shape index (κ3) is 4.96. The molecule has 0 spiro atoms. The van der Waals surface area contributed by atoms with Gasteiger partial charge in [0.15, 0.2) is 11.5 Å². The minimum Gasteiger partial charge on any atom is -0.507 e. The van der Waals surface area contributed by atoms with Crippen molar-refractivity contribution in [3.63, 3.8) is 0 Å². The number of hydrogen-bond donors (Lipinski definition) is 1. The number of ether oxygens (including phenoxy) is 4. The van der Waals surface area contributed by atoms with Gasteiger partial charge in [-0.05, 0) is 43.2 Å². The van der Waals surface area contributed by atoms with Gasteiger partial charge in [0.25, 0.3) is 11.7 Å². The maximum Gasteiger partial charge on any atom is 0.295 e. The van der Waals surface area contributed by atoms with E-state index in [0.717, 1.165) is 0 Å². The zero-order chi connectivity index (χ0) is 24.0. The number of ketones is 1. The smallest absolute Gasteiger partial charge is 0.295 e. The first-order valence-corrected chi connectivity index (χ1v) is 10.7. The van der Waals surface area contributed by atoms with Crippen LogP contribution in [-0.4, -0.2) is 62.8 Å². The Morgan fingerprint density at radius 1 is 1.03 bits per heavy atom. The van der Waals surface area contributed by atoms with Gasteiger partial charge < -0.3 is 29.0 Å². The standard InChI is InChI=1S/C25H29NO7/c1-5-33-19-11-10-16(15-20(19)32-4)22-21(23(27)17-8-6-9-18(14-17)31-3)24(28)25(29)26(22)12-7-13-30-2/h6,8-11,14-15,22,27H,5,7,12-13H2,1-4H3/b23-21+. The van der Waals surface area contributed by atoms with Crippen molar-refractivity contribution < 1.29 is 33.6 Å². The highest BCUT2D eigenvalue weighted by molar-refractivity contribution is 6.46. The molecule has 0 bridgehead atoms. The number of amides is 1. The van der Waals surface area contributed by atoms with Gasteiger partial charge in [-0.3, -0.25) is 9.59 Å². The molecule has 8 nitrogen and oxygen atoms in total. The van der Waals surface area contributed by atoms with Crippen LogP contribution in [0.1, 0.15) is 30.5 Å². The number of aliphatic hydroxyl groups is 1. The molecule has 1 heterocycles. The number of aliphatic hydroxyl groups excluding tert-OH is 1. The molecule has 33 heavy (non-hydrogen) atoms. The van der Waals surface area contributed by atoms with Crippen LogP contribution in [0, 0.1) is 0 Å². The molecule has 1 amide bonds. The molecular weight excluding hydrogens is 426 g/mol. The van der Waals surface area contributed by atoms with Gasteiger partial charge >= 0.3 is 0 Å². The second-order valence-electron chi connectivity index (χ2n) is 7.41. The van der Waals surface area contributed by atoms with Crippen LogP contribution in [0.15, 0.2) is 48.0 Å². The average molecular weight is 456 g/mol. The molecule has 8 heteroatoms. The quantitative estimate of drug-likeness (QED) is 0.253. The number of benzene rings is 2. The highest BCUT2D eigenvalue weighted by atomic mass is 16.5. The van der Waals surface area contributed by atoms with Crippen molar-refractivity contribution in [1.29, 1.82) is 0 Å². The number of carbonyl (C=O) groups excluding carboxylic acids is 2. The maximum atomic E-state index is 13.1. The molecule has 3 rings (SSSR count). The Morgan fingerprint density at radius 3 is 2.48 bits per heavy atom. The molecule has 0 aromatic heterocycles. The fraction of sp³-hybridized carbons (Fsp3) is 0.360. The van der Waals surface area contributed by atoms with Gasteiger partial charge in [0.1, 0.15) is 11.5 Å². The Kier molecular flexibility index (Phi) is 7.95. The van der Waals surface area contributed by atoms with Crippen molar-refractivity contribution >= 4 is 17.4 Å². The molecule has 1 N–H and O–H groups in total.